The molecule has 1 aromatic rings. The van der Waals surface area contributed by atoms with Crippen LogP contribution in [0, 0.1) is 5.95 Å². The second-order valence-electron chi connectivity index (χ2n) is 1.65. The van der Waals surface area contributed by atoms with Crippen LogP contribution in [0.15, 0.2) is 18.2 Å². The fourth-order valence-electron chi connectivity index (χ4n) is 0.527. The third kappa shape index (κ3) is 1.54. The van der Waals surface area contributed by atoms with Gasteiger partial charge in [-0.05, 0) is 12.1 Å². The molecule has 0 amide bonds. The second-order valence-corrected chi connectivity index (χ2v) is 2.06. The molecule has 0 atom stereocenters. The molecule has 52 valence electrons. The summed E-state index contributed by atoms with van der Waals surface area (Å²) < 4.78 is 12.2. The van der Waals surface area contributed by atoms with Crippen LogP contribution in [0.3, 0.4) is 0 Å². The summed E-state index contributed by atoms with van der Waals surface area (Å²) >= 11 is 3.47. The molecular weight excluding hydrogens is 153 g/mol. The molecule has 0 radical (unpaired) electrons. The van der Waals surface area contributed by atoms with Crippen LogP contribution in [0.25, 0.3) is 0 Å². The maximum absolute atomic E-state index is 12.2. The zero-order chi connectivity index (χ0) is 7.56. The number of nitrogens with zero attached hydrogens (tertiary/aromatic N) is 1. The Morgan fingerprint density at radius 3 is 2.70 bits per heavy atom. The molecular formula is C6H4FNOS. The zero-order valence-corrected chi connectivity index (χ0v) is 5.81. The highest BCUT2D eigenvalue weighted by atomic mass is 32.1. The monoisotopic (exact) mass is 157 g/mol. The van der Waals surface area contributed by atoms with Crippen LogP contribution in [-0.4, -0.2) is 10.1 Å². The molecule has 10 heavy (non-hydrogen) atoms. The van der Waals surface area contributed by atoms with Gasteiger partial charge in [0.05, 0.1) is 0 Å². The smallest absolute Gasteiger partial charge is 0.234 e. The Morgan fingerprint density at radius 1 is 1.60 bits per heavy atom. The highest BCUT2D eigenvalue weighted by Gasteiger charge is 2.00. The molecule has 0 unspecified atom stereocenters. The molecule has 1 heterocycles. The summed E-state index contributed by atoms with van der Waals surface area (Å²) in [5, 5.41) is -0.528. The number of pyridine rings is 1. The Balaban J connectivity index is 3.07. The molecule has 0 aliphatic carbocycles. The van der Waals surface area contributed by atoms with Gasteiger partial charge in [0.2, 0.25) is 11.1 Å². The number of carbonyl (C=O) groups excluding carboxylic acids is 1. The van der Waals surface area contributed by atoms with Gasteiger partial charge in [-0.3, -0.25) is 4.79 Å². The Labute approximate surface area is 62.5 Å². The first-order chi connectivity index (χ1) is 4.70. The first-order valence-corrected chi connectivity index (χ1v) is 3.01. The lowest BCUT2D eigenvalue weighted by atomic mass is 10.4. The van der Waals surface area contributed by atoms with E-state index in [-0.39, 0.29) is 5.69 Å². The first-order valence-electron chi connectivity index (χ1n) is 2.56. The zero-order valence-electron chi connectivity index (χ0n) is 4.91. The second kappa shape index (κ2) is 2.79. The van der Waals surface area contributed by atoms with Gasteiger partial charge < -0.3 is 0 Å². The van der Waals surface area contributed by atoms with Crippen LogP contribution in [0.4, 0.5) is 4.39 Å². The summed E-state index contributed by atoms with van der Waals surface area (Å²) in [5.74, 6) is -0.667. The standard InChI is InChI=1S/C6H4FNOS/c7-5-3-1-2-4(8-5)6(9)10/h1-3H,(H,9,10). The first kappa shape index (κ1) is 7.21. The molecule has 4 heteroatoms. The maximum Gasteiger partial charge on any atom is 0.234 e. The van der Waals surface area contributed by atoms with E-state index in [4.69, 9.17) is 0 Å². The molecule has 2 nitrogen and oxygen atoms in total. The summed E-state index contributed by atoms with van der Waals surface area (Å²) in [6, 6.07) is 3.98. The Bertz CT molecular complexity index is 264. The van der Waals surface area contributed by atoms with Crippen LogP contribution in [0.2, 0.25) is 0 Å². The summed E-state index contributed by atoms with van der Waals surface area (Å²) in [6.45, 7) is 0. The Kier molecular flexibility index (Phi) is 2.01. The van der Waals surface area contributed by atoms with Crippen molar-refractivity contribution >= 4 is 17.7 Å². The van der Waals surface area contributed by atoms with E-state index in [0.29, 0.717) is 0 Å². The van der Waals surface area contributed by atoms with E-state index in [1.807, 2.05) is 0 Å². The lowest BCUT2D eigenvalue weighted by Gasteiger charge is -1.90. The number of hydrogen-bond donors (Lipinski definition) is 1. The van der Waals surface area contributed by atoms with Crippen molar-refractivity contribution in [2.45, 2.75) is 0 Å². The predicted molar refractivity (Wildman–Crippen MR) is 37.5 cm³/mol. The molecule has 1 aromatic heterocycles. The van der Waals surface area contributed by atoms with E-state index < -0.39 is 11.1 Å². The van der Waals surface area contributed by atoms with Crippen molar-refractivity contribution in [3.8, 4) is 0 Å². The van der Waals surface area contributed by atoms with Crippen molar-refractivity contribution in [2.75, 3.05) is 0 Å². The van der Waals surface area contributed by atoms with E-state index >= 15 is 0 Å². The van der Waals surface area contributed by atoms with Gasteiger partial charge in [0.1, 0.15) is 5.69 Å². The van der Waals surface area contributed by atoms with Crippen molar-refractivity contribution in [1.29, 1.82) is 0 Å². The largest absolute Gasteiger partial charge is 0.280 e. The van der Waals surface area contributed by atoms with Gasteiger partial charge >= 0.3 is 0 Å². The van der Waals surface area contributed by atoms with E-state index in [9.17, 15) is 9.18 Å². The minimum Gasteiger partial charge on any atom is -0.280 e. The van der Waals surface area contributed by atoms with Crippen LogP contribution < -0.4 is 0 Å². The Morgan fingerprint density at radius 2 is 2.30 bits per heavy atom. The number of aromatic nitrogens is 1. The number of hydrogen-bond acceptors (Lipinski definition) is 2. The van der Waals surface area contributed by atoms with Gasteiger partial charge in [-0.15, -0.1) is 0 Å². The van der Waals surface area contributed by atoms with Crippen LogP contribution in [0.5, 0.6) is 0 Å². The average Bonchev–Trinajstić information content (AvgIpc) is 1.88. The third-order valence-corrected chi connectivity index (χ3v) is 1.16. The quantitative estimate of drug-likeness (QED) is 0.491. The van der Waals surface area contributed by atoms with Crippen molar-refractivity contribution in [3.05, 3.63) is 29.8 Å². The topological polar surface area (TPSA) is 30.0 Å². The lowest BCUT2D eigenvalue weighted by Crippen LogP contribution is -1.94. The molecule has 0 saturated heterocycles. The van der Waals surface area contributed by atoms with Gasteiger partial charge in [0, 0.05) is 0 Å². The van der Waals surface area contributed by atoms with Gasteiger partial charge in [-0.1, -0.05) is 18.7 Å². The van der Waals surface area contributed by atoms with E-state index in [0.717, 1.165) is 0 Å². The van der Waals surface area contributed by atoms with Crippen molar-refractivity contribution < 1.29 is 9.18 Å². The normalized spacial score (nSPS) is 9.40. The Hall–Kier alpha value is -0.900. The molecule has 1 rings (SSSR count). The molecule has 0 aromatic carbocycles. The molecule has 0 fully saturated rings. The highest BCUT2D eigenvalue weighted by Crippen LogP contribution is 2.00. The van der Waals surface area contributed by atoms with Crippen molar-refractivity contribution in [3.63, 3.8) is 0 Å². The van der Waals surface area contributed by atoms with Gasteiger partial charge in [0.25, 0.3) is 0 Å². The molecule has 0 aliphatic heterocycles. The van der Waals surface area contributed by atoms with Crippen LogP contribution in [-0.2, 0) is 0 Å². The molecule has 0 bridgehead atoms. The van der Waals surface area contributed by atoms with Gasteiger partial charge in [0.15, 0.2) is 0 Å². The predicted octanol–water partition coefficient (Wildman–Crippen LogP) is 1.29. The lowest BCUT2D eigenvalue weighted by molar-refractivity contribution is 0.108. The summed E-state index contributed by atoms with van der Waals surface area (Å²) in [6.07, 6.45) is 0. The summed E-state index contributed by atoms with van der Waals surface area (Å²) in [5.41, 5.74) is 0.0309. The molecule has 0 saturated carbocycles. The van der Waals surface area contributed by atoms with Gasteiger partial charge in [-0.25, -0.2) is 4.98 Å². The number of rotatable bonds is 1. The molecule has 0 aliphatic rings. The SMILES string of the molecule is O=C(S)c1cccc(F)n1. The van der Waals surface area contributed by atoms with E-state index in [2.05, 4.69) is 17.6 Å². The minimum absolute atomic E-state index is 0.0309. The minimum atomic E-state index is -0.667. The number of carbonyl (C=O) groups is 1. The fraction of sp³-hybridized carbons (Fsp3) is 0. The molecule has 0 spiro atoms. The molecule has 0 N–H and O–H groups in total. The fourth-order valence-corrected chi connectivity index (χ4v) is 0.652. The summed E-state index contributed by atoms with van der Waals surface area (Å²) in [4.78, 5) is 13.7. The van der Waals surface area contributed by atoms with Crippen molar-refractivity contribution in [1.82, 2.24) is 4.98 Å². The van der Waals surface area contributed by atoms with Crippen LogP contribution in [0.1, 0.15) is 10.5 Å². The number of thiol groups is 1. The van der Waals surface area contributed by atoms with E-state index in [1.165, 1.54) is 18.2 Å². The van der Waals surface area contributed by atoms with E-state index in [1.54, 1.807) is 0 Å². The van der Waals surface area contributed by atoms with Crippen molar-refractivity contribution in [2.24, 2.45) is 0 Å². The van der Waals surface area contributed by atoms with Crippen LogP contribution >= 0.6 is 12.6 Å². The third-order valence-electron chi connectivity index (χ3n) is 0.934. The maximum atomic E-state index is 12.2. The summed E-state index contributed by atoms with van der Waals surface area (Å²) in [7, 11) is 0. The average molecular weight is 157 g/mol. The highest BCUT2D eigenvalue weighted by molar-refractivity contribution is 7.97. The number of halogens is 1. The van der Waals surface area contributed by atoms with Gasteiger partial charge in [-0.2, -0.15) is 4.39 Å².